The standard InChI is InChI=1S/C20H19N3O2S/c1-12-6-5-9-17(13(12)2)21-20(26)23-22-19(25)16-10-14-7-3-4-8-15(14)11-18(16)24/h3-11,24H,1-2H3,(H,22,25)(H2,21,23,26). The highest BCUT2D eigenvalue weighted by molar-refractivity contribution is 7.80. The van der Waals surface area contributed by atoms with Crippen molar-refractivity contribution in [1.82, 2.24) is 10.9 Å². The number of carbonyl (C=O) groups is 1. The largest absolute Gasteiger partial charge is 0.507 e. The fraction of sp³-hybridized carbons (Fsp3) is 0.100. The Kier molecular flexibility index (Phi) is 5.04. The number of phenols is 1. The van der Waals surface area contributed by atoms with Crippen LogP contribution in [-0.2, 0) is 0 Å². The molecule has 3 rings (SSSR count). The first kappa shape index (κ1) is 17.7. The van der Waals surface area contributed by atoms with Gasteiger partial charge in [0.1, 0.15) is 5.75 Å². The van der Waals surface area contributed by atoms with Crippen LogP contribution in [-0.4, -0.2) is 16.1 Å². The number of aromatic hydroxyl groups is 1. The zero-order valence-electron chi connectivity index (χ0n) is 14.5. The van der Waals surface area contributed by atoms with Crippen molar-refractivity contribution in [2.45, 2.75) is 13.8 Å². The third-order valence-corrected chi connectivity index (χ3v) is 4.46. The normalized spacial score (nSPS) is 10.4. The van der Waals surface area contributed by atoms with Gasteiger partial charge in [0.05, 0.1) is 5.56 Å². The minimum atomic E-state index is -0.474. The smallest absolute Gasteiger partial charge is 0.273 e. The van der Waals surface area contributed by atoms with E-state index >= 15 is 0 Å². The number of thiocarbonyl (C=S) groups is 1. The molecular weight excluding hydrogens is 346 g/mol. The summed E-state index contributed by atoms with van der Waals surface area (Å²) in [5, 5.41) is 15.1. The first-order chi connectivity index (χ1) is 12.5. The van der Waals surface area contributed by atoms with Crippen LogP contribution >= 0.6 is 12.2 Å². The first-order valence-electron chi connectivity index (χ1n) is 8.11. The Morgan fingerprint density at radius 1 is 0.962 bits per heavy atom. The zero-order chi connectivity index (χ0) is 18.7. The van der Waals surface area contributed by atoms with E-state index < -0.39 is 5.91 Å². The number of phenolic OH excluding ortho intramolecular Hbond substituents is 1. The van der Waals surface area contributed by atoms with Crippen LogP contribution in [0.5, 0.6) is 5.75 Å². The van der Waals surface area contributed by atoms with Crippen LogP contribution in [0.1, 0.15) is 21.5 Å². The predicted molar refractivity (Wildman–Crippen MR) is 108 cm³/mol. The molecule has 0 heterocycles. The molecule has 5 nitrogen and oxygen atoms in total. The molecule has 0 unspecified atom stereocenters. The van der Waals surface area contributed by atoms with E-state index in [9.17, 15) is 9.90 Å². The summed E-state index contributed by atoms with van der Waals surface area (Å²) in [6.07, 6.45) is 0. The summed E-state index contributed by atoms with van der Waals surface area (Å²) < 4.78 is 0. The fourth-order valence-corrected chi connectivity index (χ4v) is 2.79. The Bertz CT molecular complexity index is 1000. The molecule has 0 aromatic heterocycles. The van der Waals surface area contributed by atoms with Crippen molar-refractivity contribution in [1.29, 1.82) is 0 Å². The van der Waals surface area contributed by atoms with Crippen LogP contribution in [0.4, 0.5) is 5.69 Å². The molecule has 132 valence electrons. The lowest BCUT2D eigenvalue weighted by Gasteiger charge is -2.15. The van der Waals surface area contributed by atoms with Crippen LogP contribution < -0.4 is 16.2 Å². The third kappa shape index (κ3) is 3.75. The van der Waals surface area contributed by atoms with Gasteiger partial charge in [0, 0.05) is 5.69 Å². The van der Waals surface area contributed by atoms with Gasteiger partial charge in [-0.15, -0.1) is 0 Å². The van der Waals surface area contributed by atoms with Gasteiger partial charge < -0.3 is 10.4 Å². The molecular formula is C20H19N3O2S. The predicted octanol–water partition coefficient (Wildman–Crippen LogP) is 3.79. The average molecular weight is 365 g/mol. The second-order valence-corrected chi connectivity index (χ2v) is 6.41. The Hall–Kier alpha value is -3.12. The molecule has 26 heavy (non-hydrogen) atoms. The number of rotatable bonds is 2. The number of anilines is 1. The molecule has 0 saturated heterocycles. The Morgan fingerprint density at radius 2 is 1.65 bits per heavy atom. The number of aryl methyl sites for hydroxylation is 1. The monoisotopic (exact) mass is 365 g/mol. The van der Waals surface area contributed by atoms with E-state index in [0.29, 0.717) is 0 Å². The number of benzene rings is 3. The van der Waals surface area contributed by atoms with Crippen molar-refractivity contribution >= 4 is 39.7 Å². The SMILES string of the molecule is Cc1cccc(NC(=S)NNC(=O)c2cc3ccccc3cc2O)c1C. The molecule has 0 atom stereocenters. The Labute approximate surface area is 157 Å². The number of carbonyl (C=O) groups excluding carboxylic acids is 1. The highest BCUT2D eigenvalue weighted by atomic mass is 32.1. The van der Waals surface area contributed by atoms with Gasteiger partial charge in [0.2, 0.25) is 0 Å². The van der Waals surface area contributed by atoms with E-state index in [2.05, 4.69) is 16.2 Å². The zero-order valence-corrected chi connectivity index (χ0v) is 15.3. The van der Waals surface area contributed by atoms with E-state index in [4.69, 9.17) is 12.2 Å². The molecule has 0 radical (unpaired) electrons. The van der Waals surface area contributed by atoms with Gasteiger partial charge >= 0.3 is 0 Å². The van der Waals surface area contributed by atoms with Gasteiger partial charge in [-0.2, -0.15) is 0 Å². The van der Waals surface area contributed by atoms with Gasteiger partial charge in [-0.25, -0.2) is 0 Å². The maximum Gasteiger partial charge on any atom is 0.273 e. The molecule has 0 aliphatic heterocycles. The van der Waals surface area contributed by atoms with Gasteiger partial charge in [0.15, 0.2) is 5.11 Å². The maximum absolute atomic E-state index is 12.4. The molecule has 0 aliphatic rings. The van der Waals surface area contributed by atoms with Crippen LogP contribution in [0.2, 0.25) is 0 Å². The van der Waals surface area contributed by atoms with Gasteiger partial charge in [0.25, 0.3) is 5.91 Å². The van der Waals surface area contributed by atoms with Crippen LogP contribution in [0.25, 0.3) is 10.8 Å². The molecule has 3 aromatic rings. The van der Waals surface area contributed by atoms with Crippen molar-refractivity contribution < 1.29 is 9.90 Å². The van der Waals surface area contributed by atoms with Crippen molar-refractivity contribution in [3.05, 3.63) is 71.3 Å². The number of hydrazine groups is 1. The highest BCUT2D eigenvalue weighted by Gasteiger charge is 2.13. The lowest BCUT2D eigenvalue weighted by Crippen LogP contribution is -2.43. The molecule has 3 aromatic carbocycles. The molecule has 0 fully saturated rings. The summed E-state index contributed by atoms with van der Waals surface area (Å²) in [6.45, 7) is 4.01. The fourth-order valence-electron chi connectivity index (χ4n) is 2.63. The van der Waals surface area contributed by atoms with Crippen LogP contribution in [0.15, 0.2) is 54.6 Å². The minimum Gasteiger partial charge on any atom is -0.507 e. The molecule has 4 N–H and O–H groups in total. The topological polar surface area (TPSA) is 73.4 Å². The number of amides is 1. The second-order valence-electron chi connectivity index (χ2n) is 6.00. The van der Waals surface area contributed by atoms with E-state index in [-0.39, 0.29) is 16.4 Å². The number of fused-ring (bicyclic) bond motifs is 1. The summed E-state index contributed by atoms with van der Waals surface area (Å²) in [4.78, 5) is 12.4. The lowest BCUT2D eigenvalue weighted by molar-refractivity contribution is 0.0941. The minimum absolute atomic E-state index is 0.0867. The summed E-state index contributed by atoms with van der Waals surface area (Å²) in [7, 11) is 0. The van der Waals surface area contributed by atoms with E-state index in [1.165, 1.54) is 0 Å². The van der Waals surface area contributed by atoms with E-state index in [1.807, 2.05) is 56.3 Å². The van der Waals surface area contributed by atoms with Gasteiger partial charge in [-0.1, -0.05) is 36.4 Å². The van der Waals surface area contributed by atoms with Crippen LogP contribution in [0, 0.1) is 13.8 Å². The molecule has 0 bridgehead atoms. The van der Waals surface area contributed by atoms with Gasteiger partial charge in [-0.05, 0) is 66.2 Å². The van der Waals surface area contributed by atoms with Gasteiger partial charge in [-0.3, -0.25) is 15.6 Å². The summed E-state index contributed by atoms with van der Waals surface area (Å²) in [5.74, 6) is -0.560. The van der Waals surface area contributed by atoms with Crippen LogP contribution in [0.3, 0.4) is 0 Å². The molecule has 6 heteroatoms. The van der Waals surface area contributed by atoms with E-state index in [0.717, 1.165) is 27.6 Å². The van der Waals surface area contributed by atoms with Crippen molar-refractivity contribution in [2.24, 2.45) is 0 Å². The number of hydrogen-bond donors (Lipinski definition) is 4. The van der Waals surface area contributed by atoms with E-state index in [1.54, 1.807) is 12.1 Å². The third-order valence-electron chi connectivity index (χ3n) is 4.25. The quantitative estimate of drug-likeness (QED) is 0.411. The maximum atomic E-state index is 12.4. The summed E-state index contributed by atoms with van der Waals surface area (Å²) in [5.41, 5.74) is 8.43. The van der Waals surface area contributed by atoms with Crippen molar-refractivity contribution in [3.63, 3.8) is 0 Å². The highest BCUT2D eigenvalue weighted by Crippen LogP contribution is 2.24. The summed E-state index contributed by atoms with van der Waals surface area (Å²) >= 11 is 5.22. The average Bonchev–Trinajstić information content (AvgIpc) is 2.63. The number of hydrogen-bond acceptors (Lipinski definition) is 3. The Morgan fingerprint density at radius 3 is 2.38 bits per heavy atom. The molecule has 0 aliphatic carbocycles. The second kappa shape index (κ2) is 7.41. The number of nitrogens with one attached hydrogen (secondary N) is 3. The first-order valence-corrected chi connectivity index (χ1v) is 8.52. The molecule has 0 saturated carbocycles. The van der Waals surface area contributed by atoms with Crippen molar-refractivity contribution in [2.75, 3.05) is 5.32 Å². The summed E-state index contributed by atoms with van der Waals surface area (Å²) in [6, 6.07) is 16.6. The lowest BCUT2D eigenvalue weighted by atomic mass is 10.1. The molecule has 0 spiro atoms. The van der Waals surface area contributed by atoms with Crippen molar-refractivity contribution in [3.8, 4) is 5.75 Å². The Balaban J connectivity index is 1.68. The molecule has 1 amide bonds.